The lowest BCUT2D eigenvalue weighted by Crippen LogP contribution is -2.25. The number of hydrogen-bond donors (Lipinski definition) is 2. The molecule has 0 radical (unpaired) electrons. The summed E-state index contributed by atoms with van der Waals surface area (Å²) < 4.78 is 5.09. The molecule has 1 aromatic carbocycles. The molecule has 9 heteroatoms. The minimum absolute atomic E-state index is 0.192. The zero-order valence-corrected chi connectivity index (χ0v) is 14.8. The number of alkyl halides is 1. The number of nitrogens with one attached hydrogen (secondary N) is 2. The number of ether oxygens (including phenoxy) is 1. The van der Waals surface area contributed by atoms with Gasteiger partial charge in [-0.3, -0.25) is 14.9 Å². The van der Waals surface area contributed by atoms with Crippen LogP contribution in [0.2, 0.25) is 0 Å². The fourth-order valence-corrected chi connectivity index (χ4v) is 2.56. The number of methoxy groups -OCH3 is 1. The Balaban J connectivity index is 1.82. The van der Waals surface area contributed by atoms with Gasteiger partial charge in [0, 0.05) is 18.5 Å². The van der Waals surface area contributed by atoms with E-state index in [0.717, 1.165) is 0 Å². The maximum Gasteiger partial charge on any atom is 0.251 e. The van der Waals surface area contributed by atoms with Crippen molar-refractivity contribution in [2.75, 3.05) is 19.0 Å². The van der Waals surface area contributed by atoms with Crippen molar-refractivity contribution in [3.63, 3.8) is 0 Å². The molecule has 2 aromatic rings. The van der Waals surface area contributed by atoms with E-state index in [1.807, 2.05) is 0 Å². The number of aromatic nitrogens is 2. The Morgan fingerprint density at radius 1 is 1.38 bits per heavy atom. The van der Waals surface area contributed by atoms with Crippen molar-refractivity contribution in [3.8, 4) is 5.75 Å². The van der Waals surface area contributed by atoms with Gasteiger partial charge in [0.05, 0.1) is 7.11 Å². The summed E-state index contributed by atoms with van der Waals surface area (Å²) in [4.78, 5) is 23.5. The molecule has 1 aromatic heterocycles. The minimum Gasteiger partial charge on any atom is -0.497 e. The molecule has 2 rings (SSSR count). The van der Waals surface area contributed by atoms with E-state index < -0.39 is 5.38 Å². The fourth-order valence-electron chi connectivity index (χ4n) is 1.76. The van der Waals surface area contributed by atoms with Gasteiger partial charge >= 0.3 is 0 Å². The standard InChI is InChI=1S/C15H17ClN4O3S/c1-9(16)13(21)18-15-20-19-12(24-15)6-7-17-14(22)10-4-3-5-11(8-10)23-2/h3-5,8-9H,6-7H2,1-2H3,(H,17,22)(H,18,20,21)/t9-/m0/s1. The summed E-state index contributed by atoms with van der Waals surface area (Å²) in [6, 6.07) is 6.91. The number of halogens is 1. The fraction of sp³-hybridized carbons (Fsp3) is 0.333. The first-order valence-electron chi connectivity index (χ1n) is 7.19. The van der Waals surface area contributed by atoms with Crippen molar-refractivity contribution < 1.29 is 14.3 Å². The van der Waals surface area contributed by atoms with Gasteiger partial charge in [-0.15, -0.1) is 21.8 Å². The molecule has 128 valence electrons. The first-order chi connectivity index (χ1) is 11.5. The van der Waals surface area contributed by atoms with E-state index in [1.54, 1.807) is 38.3 Å². The van der Waals surface area contributed by atoms with Gasteiger partial charge in [-0.2, -0.15) is 0 Å². The van der Waals surface area contributed by atoms with Crippen LogP contribution in [0.25, 0.3) is 0 Å². The van der Waals surface area contributed by atoms with Crippen LogP contribution in [-0.2, 0) is 11.2 Å². The van der Waals surface area contributed by atoms with Gasteiger partial charge in [-0.1, -0.05) is 17.4 Å². The summed E-state index contributed by atoms with van der Waals surface area (Å²) in [5, 5.41) is 13.7. The zero-order valence-electron chi connectivity index (χ0n) is 13.2. The van der Waals surface area contributed by atoms with E-state index in [-0.39, 0.29) is 11.8 Å². The van der Waals surface area contributed by atoms with Crippen molar-refractivity contribution in [1.29, 1.82) is 0 Å². The van der Waals surface area contributed by atoms with Crippen LogP contribution in [0.4, 0.5) is 5.13 Å². The number of anilines is 1. The summed E-state index contributed by atoms with van der Waals surface area (Å²) >= 11 is 6.92. The topological polar surface area (TPSA) is 93.2 Å². The molecule has 2 amide bonds. The number of benzene rings is 1. The van der Waals surface area contributed by atoms with Crippen LogP contribution in [0.15, 0.2) is 24.3 Å². The van der Waals surface area contributed by atoms with Crippen LogP contribution in [0.3, 0.4) is 0 Å². The molecule has 0 saturated carbocycles. The second kappa shape index (κ2) is 8.60. The van der Waals surface area contributed by atoms with Gasteiger partial charge in [0.15, 0.2) is 0 Å². The van der Waals surface area contributed by atoms with Crippen LogP contribution in [-0.4, -0.2) is 41.0 Å². The molecule has 7 nitrogen and oxygen atoms in total. The highest BCUT2D eigenvalue weighted by molar-refractivity contribution is 7.15. The van der Waals surface area contributed by atoms with Crippen molar-refractivity contribution in [1.82, 2.24) is 15.5 Å². The third-order valence-corrected chi connectivity index (χ3v) is 4.11. The van der Waals surface area contributed by atoms with E-state index in [2.05, 4.69) is 20.8 Å². The molecule has 0 aliphatic heterocycles. The van der Waals surface area contributed by atoms with E-state index in [1.165, 1.54) is 11.3 Å². The van der Waals surface area contributed by atoms with Crippen LogP contribution in [0.1, 0.15) is 22.3 Å². The van der Waals surface area contributed by atoms with E-state index in [0.29, 0.717) is 34.4 Å². The normalized spacial score (nSPS) is 11.6. The summed E-state index contributed by atoms with van der Waals surface area (Å²) in [5.41, 5.74) is 0.524. The lowest BCUT2D eigenvalue weighted by Gasteiger charge is -2.05. The number of rotatable bonds is 7. The Hall–Kier alpha value is -2.19. The Morgan fingerprint density at radius 2 is 2.17 bits per heavy atom. The Morgan fingerprint density at radius 3 is 2.88 bits per heavy atom. The van der Waals surface area contributed by atoms with Crippen molar-refractivity contribution in [2.45, 2.75) is 18.7 Å². The average Bonchev–Trinajstić information content (AvgIpc) is 3.02. The molecule has 0 spiro atoms. The molecule has 24 heavy (non-hydrogen) atoms. The highest BCUT2D eigenvalue weighted by Gasteiger charge is 2.13. The van der Waals surface area contributed by atoms with Gasteiger partial charge in [0.2, 0.25) is 11.0 Å². The van der Waals surface area contributed by atoms with Crippen LogP contribution >= 0.6 is 22.9 Å². The molecule has 1 heterocycles. The van der Waals surface area contributed by atoms with E-state index in [4.69, 9.17) is 16.3 Å². The predicted molar refractivity (Wildman–Crippen MR) is 92.9 cm³/mol. The lowest BCUT2D eigenvalue weighted by atomic mass is 10.2. The number of hydrogen-bond acceptors (Lipinski definition) is 6. The number of amides is 2. The molecule has 1 atom stereocenters. The van der Waals surface area contributed by atoms with Crippen molar-refractivity contribution >= 4 is 39.9 Å². The third kappa shape index (κ3) is 5.17. The molecule has 0 unspecified atom stereocenters. The Bertz CT molecular complexity index is 720. The average molecular weight is 369 g/mol. The summed E-state index contributed by atoms with van der Waals surface area (Å²) in [6.07, 6.45) is 0.514. The van der Waals surface area contributed by atoms with Gasteiger partial charge in [-0.25, -0.2) is 0 Å². The first kappa shape index (κ1) is 18.2. The Labute approximate surface area is 148 Å². The molecular weight excluding hydrogens is 352 g/mol. The van der Waals surface area contributed by atoms with Crippen molar-refractivity contribution in [3.05, 3.63) is 34.8 Å². The maximum absolute atomic E-state index is 12.1. The zero-order chi connectivity index (χ0) is 17.5. The monoisotopic (exact) mass is 368 g/mol. The van der Waals surface area contributed by atoms with E-state index in [9.17, 15) is 9.59 Å². The second-order valence-electron chi connectivity index (χ2n) is 4.84. The summed E-state index contributed by atoms with van der Waals surface area (Å²) in [7, 11) is 1.55. The highest BCUT2D eigenvalue weighted by Crippen LogP contribution is 2.16. The summed E-state index contributed by atoms with van der Waals surface area (Å²) in [5.74, 6) is 0.106. The van der Waals surface area contributed by atoms with Crippen LogP contribution in [0.5, 0.6) is 5.75 Å². The number of carbonyl (C=O) groups excluding carboxylic acids is 2. The van der Waals surface area contributed by atoms with E-state index >= 15 is 0 Å². The van der Waals surface area contributed by atoms with Gasteiger partial charge in [0.25, 0.3) is 5.91 Å². The smallest absolute Gasteiger partial charge is 0.251 e. The largest absolute Gasteiger partial charge is 0.497 e. The highest BCUT2D eigenvalue weighted by atomic mass is 35.5. The van der Waals surface area contributed by atoms with Crippen molar-refractivity contribution in [2.24, 2.45) is 0 Å². The van der Waals surface area contributed by atoms with Gasteiger partial charge < -0.3 is 10.1 Å². The Kier molecular flexibility index (Phi) is 6.51. The minimum atomic E-state index is -0.639. The number of nitrogens with zero attached hydrogens (tertiary/aromatic N) is 2. The molecule has 0 aliphatic rings. The predicted octanol–water partition coefficient (Wildman–Crippen LogP) is 2.08. The summed E-state index contributed by atoms with van der Waals surface area (Å²) in [6.45, 7) is 1.98. The quantitative estimate of drug-likeness (QED) is 0.730. The van der Waals surface area contributed by atoms with Crippen LogP contribution in [0, 0.1) is 0 Å². The molecule has 0 bridgehead atoms. The second-order valence-corrected chi connectivity index (χ2v) is 6.56. The maximum atomic E-state index is 12.1. The molecule has 0 fully saturated rings. The molecule has 0 saturated heterocycles. The van der Waals surface area contributed by atoms with Gasteiger partial charge in [0.1, 0.15) is 16.1 Å². The lowest BCUT2D eigenvalue weighted by molar-refractivity contribution is -0.115. The SMILES string of the molecule is COc1cccc(C(=O)NCCc2nnc(NC(=O)[C@H](C)Cl)s2)c1. The third-order valence-electron chi connectivity index (χ3n) is 3.01. The molecular formula is C15H17ClN4O3S. The molecule has 2 N–H and O–H groups in total. The molecule has 0 aliphatic carbocycles. The van der Waals surface area contributed by atoms with Crippen LogP contribution < -0.4 is 15.4 Å². The number of carbonyl (C=O) groups is 2. The van der Waals surface area contributed by atoms with Gasteiger partial charge in [-0.05, 0) is 25.1 Å². The first-order valence-corrected chi connectivity index (χ1v) is 8.44.